The maximum Gasteiger partial charge on any atom is 0.409 e. The van der Waals surface area contributed by atoms with Gasteiger partial charge >= 0.3 is 6.09 Å². The van der Waals surface area contributed by atoms with Crippen LogP contribution in [-0.2, 0) is 4.74 Å². The zero-order valence-corrected chi connectivity index (χ0v) is 10.9. The van der Waals surface area contributed by atoms with Crippen LogP contribution in [0.15, 0.2) is 24.3 Å². The Kier molecular flexibility index (Phi) is 3.11. The van der Waals surface area contributed by atoms with E-state index in [4.69, 9.17) is 4.74 Å². The summed E-state index contributed by atoms with van der Waals surface area (Å²) in [5, 5.41) is 0. The summed E-state index contributed by atoms with van der Waals surface area (Å²) in [6.45, 7) is 1.46. The number of carbonyl (C=O) groups excluding carboxylic acids is 1. The predicted molar refractivity (Wildman–Crippen MR) is 72.0 cm³/mol. The van der Waals surface area contributed by atoms with Gasteiger partial charge < -0.3 is 14.6 Å². The Morgan fingerprint density at radius 3 is 2.79 bits per heavy atom. The summed E-state index contributed by atoms with van der Waals surface area (Å²) >= 11 is 0. The van der Waals surface area contributed by atoms with E-state index in [1.165, 1.54) is 7.11 Å². The molecular weight excluding hydrogens is 242 g/mol. The second-order valence-corrected chi connectivity index (χ2v) is 4.87. The second kappa shape index (κ2) is 4.91. The molecule has 1 aromatic heterocycles. The lowest BCUT2D eigenvalue weighted by atomic mass is 9.96. The van der Waals surface area contributed by atoms with Crippen molar-refractivity contribution in [2.24, 2.45) is 0 Å². The summed E-state index contributed by atoms with van der Waals surface area (Å²) in [6, 6.07) is 8.05. The predicted octanol–water partition coefficient (Wildman–Crippen LogP) is 2.51. The van der Waals surface area contributed by atoms with Crippen molar-refractivity contribution in [3.63, 3.8) is 0 Å². The number of H-pyrrole nitrogens is 1. The van der Waals surface area contributed by atoms with E-state index in [9.17, 15) is 4.79 Å². The number of rotatable bonds is 1. The number of ether oxygens (including phenoxy) is 1. The highest BCUT2D eigenvalue weighted by Crippen LogP contribution is 2.27. The number of fused-ring (bicyclic) bond motifs is 1. The van der Waals surface area contributed by atoms with Gasteiger partial charge in [-0.1, -0.05) is 12.1 Å². The first-order chi connectivity index (χ1) is 9.28. The number of nitrogens with one attached hydrogen (secondary N) is 1. The first-order valence-corrected chi connectivity index (χ1v) is 6.55. The summed E-state index contributed by atoms with van der Waals surface area (Å²) in [4.78, 5) is 21.2. The second-order valence-electron chi connectivity index (χ2n) is 4.87. The zero-order chi connectivity index (χ0) is 13.2. The van der Waals surface area contributed by atoms with E-state index in [2.05, 4.69) is 9.97 Å². The quantitative estimate of drug-likeness (QED) is 0.856. The Bertz CT molecular complexity index is 552. The molecule has 5 heteroatoms. The van der Waals surface area contributed by atoms with Crippen LogP contribution >= 0.6 is 0 Å². The largest absolute Gasteiger partial charge is 0.453 e. The van der Waals surface area contributed by atoms with Crippen LogP contribution < -0.4 is 0 Å². The first-order valence-electron chi connectivity index (χ1n) is 6.55. The van der Waals surface area contributed by atoms with Crippen molar-refractivity contribution >= 4 is 17.1 Å². The Balaban J connectivity index is 1.72. The van der Waals surface area contributed by atoms with Crippen LogP contribution in [0, 0.1) is 0 Å². The molecule has 2 aromatic rings. The standard InChI is InChI=1S/C14H17N3O2/c1-19-14(18)17-8-6-10(7-9-17)13-15-11-4-2-3-5-12(11)16-13/h2-5,10H,6-9H2,1H3,(H,15,16). The highest BCUT2D eigenvalue weighted by atomic mass is 16.5. The monoisotopic (exact) mass is 259 g/mol. The topological polar surface area (TPSA) is 58.2 Å². The molecule has 0 radical (unpaired) electrons. The molecule has 1 fully saturated rings. The number of likely N-dealkylation sites (tertiary alicyclic amines) is 1. The van der Waals surface area contributed by atoms with Gasteiger partial charge in [-0.25, -0.2) is 9.78 Å². The number of para-hydroxylation sites is 2. The van der Waals surface area contributed by atoms with Gasteiger partial charge in [-0.15, -0.1) is 0 Å². The minimum absolute atomic E-state index is 0.233. The summed E-state index contributed by atoms with van der Waals surface area (Å²) in [5.74, 6) is 1.43. The van der Waals surface area contributed by atoms with Crippen LogP contribution in [0.5, 0.6) is 0 Å². The highest BCUT2D eigenvalue weighted by molar-refractivity contribution is 5.74. The summed E-state index contributed by atoms with van der Waals surface area (Å²) < 4.78 is 4.74. The molecule has 1 aliphatic heterocycles. The minimum atomic E-state index is -0.233. The minimum Gasteiger partial charge on any atom is -0.453 e. The van der Waals surface area contributed by atoms with E-state index in [1.54, 1.807) is 4.90 Å². The van der Waals surface area contributed by atoms with E-state index in [0.29, 0.717) is 5.92 Å². The fourth-order valence-electron chi connectivity index (χ4n) is 2.63. The lowest BCUT2D eigenvalue weighted by Gasteiger charge is -2.29. The molecule has 100 valence electrons. The smallest absolute Gasteiger partial charge is 0.409 e. The van der Waals surface area contributed by atoms with Crippen molar-refractivity contribution in [3.8, 4) is 0 Å². The number of aromatic nitrogens is 2. The normalized spacial score (nSPS) is 16.8. The number of hydrogen-bond acceptors (Lipinski definition) is 3. The molecule has 5 nitrogen and oxygen atoms in total. The van der Waals surface area contributed by atoms with Gasteiger partial charge in [0.1, 0.15) is 5.82 Å². The summed E-state index contributed by atoms with van der Waals surface area (Å²) in [7, 11) is 1.42. The molecule has 0 unspecified atom stereocenters. The number of piperidine rings is 1. The average Bonchev–Trinajstić information content (AvgIpc) is 2.90. The molecule has 1 N–H and O–H groups in total. The molecule has 1 aliphatic rings. The van der Waals surface area contributed by atoms with Gasteiger partial charge in [-0.2, -0.15) is 0 Å². The Labute approximate surface area is 111 Å². The van der Waals surface area contributed by atoms with Gasteiger partial charge in [0.15, 0.2) is 0 Å². The van der Waals surface area contributed by atoms with Gasteiger partial charge in [0.2, 0.25) is 0 Å². The third kappa shape index (κ3) is 2.28. The van der Waals surface area contributed by atoms with Gasteiger partial charge in [0.25, 0.3) is 0 Å². The van der Waals surface area contributed by atoms with Crippen molar-refractivity contribution in [1.29, 1.82) is 0 Å². The molecule has 2 heterocycles. The SMILES string of the molecule is COC(=O)N1CCC(c2nc3ccccc3[nH]2)CC1. The molecule has 0 bridgehead atoms. The van der Waals surface area contributed by atoms with Gasteiger partial charge in [0, 0.05) is 19.0 Å². The molecule has 3 rings (SSSR count). The van der Waals surface area contributed by atoms with Gasteiger partial charge in [-0.05, 0) is 25.0 Å². The van der Waals surface area contributed by atoms with Crippen molar-refractivity contribution < 1.29 is 9.53 Å². The van der Waals surface area contributed by atoms with Gasteiger partial charge in [-0.3, -0.25) is 0 Å². The molecular formula is C14H17N3O2. The Hall–Kier alpha value is -2.04. The molecule has 0 aliphatic carbocycles. The average molecular weight is 259 g/mol. The van der Waals surface area contributed by atoms with Crippen LogP contribution in [0.3, 0.4) is 0 Å². The maximum atomic E-state index is 11.4. The van der Waals surface area contributed by atoms with E-state index in [-0.39, 0.29) is 6.09 Å². The first kappa shape index (κ1) is 12.0. The third-order valence-electron chi connectivity index (χ3n) is 3.72. The fourth-order valence-corrected chi connectivity index (χ4v) is 2.63. The van der Waals surface area contributed by atoms with Gasteiger partial charge in [0.05, 0.1) is 18.1 Å². The third-order valence-corrected chi connectivity index (χ3v) is 3.72. The molecule has 1 amide bonds. The number of amides is 1. The number of aromatic amines is 1. The number of carbonyl (C=O) groups is 1. The van der Waals surface area contributed by atoms with Crippen molar-refractivity contribution in [3.05, 3.63) is 30.1 Å². The zero-order valence-electron chi connectivity index (χ0n) is 10.9. The number of imidazole rings is 1. The fraction of sp³-hybridized carbons (Fsp3) is 0.429. The molecule has 0 saturated carbocycles. The molecule has 1 saturated heterocycles. The van der Waals surface area contributed by atoms with Crippen LogP contribution in [0.2, 0.25) is 0 Å². The van der Waals surface area contributed by atoms with Crippen LogP contribution in [0.4, 0.5) is 4.79 Å². The van der Waals surface area contributed by atoms with Crippen molar-refractivity contribution in [2.75, 3.05) is 20.2 Å². The Morgan fingerprint density at radius 2 is 2.11 bits per heavy atom. The highest BCUT2D eigenvalue weighted by Gasteiger charge is 2.25. The van der Waals surface area contributed by atoms with E-state index >= 15 is 0 Å². The lowest BCUT2D eigenvalue weighted by molar-refractivity contribution is 0.112. The summed E-state index contributed by atoms with van der Waals surface area (Å²) in [6.07, 6.45) is 1.62. The molecule has 0 atom stereocenters. The maximum absolute atomic E-state index is 11.4. The Morgan fingerprint density at radius 1 is 1.37 bits per heavy atom. The van der Waals surface area contributed by atoms with E-state index in [0.717, 1.165) is 42.8 Å². The number of nitrogens with zero attached hydrogens (tertiary/aromatic N) is 2. The van der Waals surface area contributed by atoms with Crippen LogP contribution in [0.1, 0.15) is 24.6 Å². The molecule has 0 spiro atoms. The van der Waals surface area contributed by atoms with E-state index < -0.39 is 0 Å². The van der Waals surface area contributed by atoms with E-state index in [1.807, 2.05) is 24.3 Å². The molecule has 1 aromatic carbocycles. The number of hydrogen-bond donors (Lipinski definition) is 1. The van der Waals surface area contributed by atoms with Crippen molar-refractivity contribution in [1.82, 2.24) is 14.9 Å². The van der Waals surface area contributed by atoms with Crippen LogP contribution in [0.25, 0.3) is 11.0 Å². The number of benzene rings is 1. The van der Waals surface area contributed by atoms with Crippen molar-refractivity contribution in [2.45, 2.75) is 18.8 Å². The lowest BCUT2D eigenvalue weighted by Crippen LogP contribution is -2.37. The number of methoxy groups -OCH3 is 1. The van der Waals surface area contributed by atoms with Crippen LogP contribution in [-0.4, -0.2) is 41.2 Å². The summed E-state index contributed by atoms with van der Waals surface area (Å²) in [5.41, 5.74) is 2.08. The molecule has 19 heavy (non-hydrogen) atoms.